The highest BCUT2D eigenvalue weighted by atomic mass is 79.9. The second kappa shape index (κ2) is 5.12. The van der Waals surface area contributed by atoms with Gasteiger partial charge in [0.1, 0.15) is 0 Å². The fraction of sp³-hybridized carbons (Fsp3) is 0.375. The quantitative estimate of drug-likeness (QED) is 0.782. The molecular formula is C8H9Br2NOS. The third-order valence-corrected chi connectivity index (χ3v) is 3.72. The summed E-state index contributed by atoms with van der Waals surface area (Å²) in [5.41, 5.74) is 0. The van der Waals surface area contributed by atoms with Crippen LogP contribution in [0.25, 0.3) is 0 Å². The SMILES string of the molecule is CN(Cc1cc(Br)cs1)C(=O)CBr. The molecule has 72 valence electrons. The third kappa shape index (κ3) is 3.40. The van der Waals surface area contributed by atoms with E-state index in [1.807, 2.05) is 11.4 Å². The van der Waals surface area contributed by atoms with Gasteiger partial charge < -0.3 is 4.90 Å². The number of nitrogens with zero attached hydrogens (tertiary/aromatic N) is 1. The predicted molar refractivity (Wildman–Crippen MR) is 62.3 cm³/mol. The van der Waals surface area contributed by atoms with E-state index in [1.54, 1.807) is 23.3 Å². The zero-order valence-corrected chi connectivity index (χ0v) is 11.1. The van der Waals surface area contributed by atoms with Crippen molar-refractivity contribution in [2.75, 3.05) is 12.4 Å². The summed E-state index contributed by atoms with van der Waals surface area (Å²) in [7, 11) is 1.80. The van der Waals surface area contributed by atoms with Gasteiger partial charge >= 0.3 is 0 Å². The van der Waals surface area contributed by atoms with Crippen LogP contribution < -0.4 is 0 Å². The van der Waals surface area contributed by atoms with E-state index in [4.69, 9.17) is 0 Å². The standard InChI is InChI=1S/C8H9Br2NOS/c1-11(8(12)3-9)4-7-2-6(10)5-13-7/h2,5H,3-4H2,1H3. The van der Waals surface area contributed by atoms with Crippen molar-refractivity contribution in [3.05, 3.63) is 20.8 Å². The van der Waals surface area contributed by atoms with Gasteiger partial charge in [0.2, 0.25) is 5.91 Å². The summed E-state index contributed by atoms with van der Waals surface area (Å²) in [6.45, 7) is 0.681. The number of rotatable bonds is 3. The molecule has 1 aromatic rings. The van der Waals surface area contributed by atoms with E-state index >= 15 is 0 Å². The monoisotopic (exact) mass is 325 g/mol. The van der Waals surface area contributed by atoms with Gasteiger partial charge in [-0.2, -0.15) is 0 Å². The molecule has 0 aliphatic carbocycles. The Morgan fingerprint density at radius 2 is 2.38 bits per heavy atom. The maximum atomic E-state index is 11.2. The van der Waals surface area contributed by atoms with Crippen molar-refractivity contribution >= 4 is 49.1 Å². The van der Waals surface area contributed by atoms with Crippen LogP contribution in [-0.2, 0) is 11.3 Å². The van der Waals surface area contributed by atoms with Crippen molar-refractivity contribution in [1.82, 2.24) is 4.90 Å². The summed E-state index contributed by atoms with van der Waals surface area (Å²) < 4.78 is 1.08. The summed E-state index contributed by atoms with van der Waals surface area (Å²) in [6.07, 6.45) is 0. The number of hydrogen-bond donors (Lipinski definition) is 0. The zero-order valence-electron chi connectivity index (χ0n) is 7.09. The third-order valence-electron chi connectivity index (χ3n) is 1.55. The van der Waals surface area contributed by atoms with Crippen LogP contribution in [-0.4, -0.2) is 23.2 Å². The molecule has 1 rings (SSSR count). The lowest BCUT2D eigenvalue weighted by molar-refractivity contribution is -0.127. The van der Waals surface area contributed by atoms with Gasteiger partial charge in [0, 0.05) is 21.8 Å². The van der Waals surface area contributed by atoms with Crippen LogP contribution in [0.2, 0.25) is 0 Å². The number of carbonyl (C=O) groups excluding carboxylic acids is 1. The van der Waals surface area contributed by atoms with E-state index < -0.39 is 0 Å². The van der Waals surface area contributed by atoms with Crippen molar-refractivity contribution in [1.29, 1.82) is 0 Å². The van der Waals surface area contributed by atoms with Crippen molar-refractivity contribution in [2.45, 2.75) is 6.54 Å². The summed E-state index contributed by atoms with van der Waals surface area (Å²) >= 11 is 8.16. The Kier molecular flexibility index (Phi) is 4.41. The van der Waals surface area contributed by atoms with Gasteiger partial charge in [-0.1, -0.05) is 15.9 Å². The summed E-state index contributed by atoms with van der Waals surface area (Å²) in [6, 6.07) is 2.03. The highest BCUT2D eigenvalue weighted by Crippen LogP contribution is 2.20. The molecule has 13 heavy (non-hydrogen) atoms. The maximum Gasteiger partial charge on any atom is 0.233 e. The number of halogens is 2. The van der Waals surface area contributed by atoms with Gasteiger partial charge in [-0.25, -0.2) is 0 Å². The largest absolute Gasteiger partial charge is 0.340 e. The molecule has 0 N–H and O–H groups in total. The smallest absolute Gasteiger partial charge is 0.233 e. The normalized spacial score (nSPS) is 10.1. The number of alkyl halides is 1. The molecule has 0 spiro atoms. The molecule has 0 aliphatic rings. The molecule has 5 heteroatoms. The molecule has 1 heterocycles. The molecule has 0 unspecified atom stereocenters. The van der Waals surface area contributed by atoms with Gasteiger partial charge in [0.15, 0.2) is 0 Å². The van der Waals surface area contributed by atoms with Crippen LogP contribution in [0, 0.1) is 0 Å². The molecule has 1 amide bonds. The van der Waals surface area contributed by atoms with Crippen molar-refractivity contribution in [2.24, 2.45) is 0 Å². The highest BCUT2D eigenvalue weighted by molar-refractivity contribution is 9.10. The first kappa shape index (κ1) is 11.2. The van der Waals surface area contributed by atoms with Gasteiger partial charge in [0.25, 0.3) is 0 Å². The minimum absolute atomic E-state index is 0.101. The molecule has 2 nitrogen and oxygen atoms in total. The molecule has 1 aromatic heterocycles. The second-order valence-electron chi connectivity index (χ2n) is 2.61. The van der Waals surface area contributed by atoms with E-state index in [9.17, 15) is 4.79 Å². The molecule has 0 aliphatic heterocycles. The maximum absolute atomic E-state index is 11.2. The lowest BCUT2D eigenvalue weighted by Crippen LogP contribution is -2.26. The Morgan fingerprint density at radius 3 is 2.85 bits per heavy atom. The highest BCUT2D eigenvalue weighted by Gasteiger charge is 2.08. The minimum Gasteiger partial charge on any atom is -0.340 e. The molecule has 0 radical (unpaired) electrons. The molecule has 0 atom stereocenters. The van der Waals surface area contributed by atoms with E-state index in [-0.39, 0.29) is 5.91 Å². The summed E-state index contributed by atoms with van der Waals surface area (Å²) in [5.74, 6) is 0.101. The molecule has 0 bridgehead atoms. The Bertz CT molecular complexity index is 300. The second-order valence-corrected chi connectivity index (χ2v) is 5.09. The van der Waals surface area contributed by atoms with Crippen molar-refractivity contribution in [3.63, 3.8) is 0 Å². The summed E-state index contributed by atoms with van der Waals surface area (Å²) in [4.78, 5) is 14.1. The number of carbonyl (C=O) groups is 1. The topological polar surface area (TPSA) is 20.3 Å². The van der Waals surface area contributed by atoms with Crippen LogP contribution in [0.1, 0.15) is 4.88 Å². The van der Waals surface area contributed by atoms with Gasteiger partial charge in [-0.3, -0.25) is 4.79 Å². The number of thiophene rings is 1. The number of amides is 1. The summed E-state index contributed by atoms with van der Waals surface area (Å²) in [5, 5.41) is 2.40. The van der Waals surface area contributed by atoms with Crippen LogP contribution in [0.5, 0.6) is 0 Å². The minimum atomic E-state index is 0.101. The fourth-order valence-electron chi connectivity index (χ4n) is 0.861. The van der Waals surface area contributed by atoms with Crippen LogP contribution in [0.15, 0.2) is 15.9 Å². The van der Waals surface area contributed by atoms with E-state index in [2.05, 4.69) is 31.9 Å². The van der Waals surface area contributed by atoms with E-state index in [0.29, 0.717) is 11.9 Å². The number of hydrogen-bond acceptors (Lipinski definition) is 2. The van der Waals surface area contributed by atoms with Crippen LogP contribution >= 0.6 is 43.2 Å². The Morgan fingerprint density at radius 1 is 1.69 bits per heavy atom. The lowest BCUT2D eigenvalue weighted by atomic mass is 10.4. The molecule has 0 saturated heterocycles. The predicted octanol–water partition coefficient (Wildman–Crippen LogP) is 2.86. The van der Waals surface area contributed by atoms with Crippen LogP contribution in [0.4, 0.5) is 0 Å². The zero-order chi connectivity index (χ0) is 9.84. The van der Waals surface area contributed by atoms with Crippen LogP contribution in [0.3, 0.4) is 0 Å². The average Bonchev–Trinajstić information content (AvgIpc) is 2.49. The Labute approximate surface area is 98.2 Å². The van der Waals surface area contributed by atoms with Crippen molar-refractivity contribution in [3.8, 4) is 0 Å². The first-order valence-electron chi connectivity index (χ1n) is 3.66. The average molecular weight is 327 g/mol. The Balaban J connectivity index is 2.54. The van der Waals surface area contributed by atoms with Gasteiger partial charge in [0.05, 0.1) is 11.9 Å². The van der Waals surface area contributed by atoms with E-state index in [1.165, 1.54) is 4.88 Å². The lowest BCUT2D eigenvalue weighted by Gasteiger charge is -2.13. The van der Waals surface area contributed by atoms with Gasteiger partial charge in [-0.15, -0.1) is 11.3 Å². The molecule has 0 fully saturated rings. The first-order chi connectivity index (χ1) is 6.13. The Hall–Kier alpha value is 0.130. The fourth-order valence-corrected chi connectivity index (χ4v) is 2.79. The molecule has 0 saturated carbocycles. The van der Waals surface area contributed by atoms with Gasteiger partial charge in [-0.05, 0) is 22.0 Å². The molecule has 0 aromatic carbocycles. The van der Waals surface area contributed by atoms with E-state index in [0.717, 1.165) is 4.47 Å². The molecular weight excluding hydrogens is 318 g/mol. The first-order valence-corrected chi connectivity index (χ1v) is 6.45. The van der Waals surface area contributed by atoms with Crippen molar-refractivity contribution < 1.29 is 4.79 Å².